The average molecular weight is 418 g/mol. The Labute approximate surface area is 177 Å². The van der Waals surface area contributed by atoms with Crippen molar-refractivity contribution in [3.63, 3.8) is 0 Å². The maximum atomic E-state index is 14.7. The summed E-state index contributed by atoms with van der Waals surface area (Å²) < 4.78 is 14.7. The number of carbonyl (C=O) groups excluding carboxylic acids is 1. The van der Waals surface area contributed by atoms with Gasteiger partial charge in [-0.1, -0.05) is 17.7 Å². The molecule has 4 aromatic rings. The first-order valence-electron chi connectivity index (χ1n) is 9.32. The molecule has 0 radical (unpaired) electrons. The van der Waals surface area contributed by atoms with Gasteiger partial charge >= 0.3 is 6.03 Å². The highest BCUT2D eigenvalue weighted by Gasteiger charge is 2.17. The van der Waals surface area contributed by atoms with Crippen LogP contribution in [-0.4, -0.2) is 16.0 Å². The zero-order valence-corrected chi connectivity index (χ0v) is 17.3. The van der Waals surface area contributed by atoms with Gasteiger partial charge in [0.05, 0.1) is 15.6 Å². The molecule has 5 nitrogen and oxygen atoms in total. The molecule has 0 atom stereocenters. The van der Waals surface area contributed by atoms with Crippen LogP contribution in [0.15, 0.2) is 67.0 Å². The molecule has 30 heavy (non-hydrogen) atoms. The van der Waals surface area contributed by atoms with Crippen molar-refractivity contribution in [3.05, 3.63) is 83.4 Å². The largest absolute Gasteiger partial charge is 0.323 e. The van der Waals surface area contributed by atoms with E-state index in [4.69, 9.17) is 0 Å². The average Bonchev–Trinajstić information content (AvgIpc) is 3.13. The molecule has 2 aromatic carbocycles. The number of hydrogen-bond donors (Lipinski definition) is 2. The summed E-state index contributed by atoms with van der Waals surface area (Å²) in [4.78, 5) is 21.7. The lowest BCUT2D eigenvalue weighted by atomic mass is 10.1. The molecule has 4 rings (SSSR count). The van der Waals surface area contributed by atoms with E-state index >= 15 is 0 Å². The van der Waals surface area contributed by atoms with Crippen LogP contribution in [0, 0.1) is 19.7 Å². The fourth-order valence-electron chi connectivity index (χ4n) is 3.02. The van der Waals surface area contributed by atoms with Gasteiger partial charge in [-0.15, -0.1) is 11.3 Å². The van der Waals surface area contributed by atoms with Gasteiger partial charge in [-0.25, -0.2) is 14.2 Å². The molecule has 0 aliphatic heterocycles. The van der Waals surface area contributed by atoms with E-state index < -0.39 is 6.03 Å². The number of hydrogen-bond acceptors (Lipinski definition) is 4. The van der Waals surface area contributed by atoms with Gasteiger partial charge in [0.25, 0.3) is 0 Å². The summed E-state index contributed by atoms with van der Waals surface area (Å²) in [6.07, 6.45) is 3.36. The number of benzene rings is 2. The number of rotatable bonds is 4. The van der Waals surface area contributed by atoms with E-state index in [1.807, 2.05) is 50.2 Å². The number of halogens is 1. The van der Waals surface area contributed by atoms with E-state index in [2.05, 4.69) is 20.6 Å². The van der Waals surface area contributed by atoms with Crippen molar-refractivity contribution in [3.8, 4) is 21.7 Å². The zero-order valence-electron chi connectivity index (χ0n) is 16.4. The lowest BCUT2D eigenvalue weighted by molar-refractivity contribution is 0.262. The minimum atomic E-state index is -0.397. The van der Waals surface area contributed by atoms with Gasteiger partial charge in [0.15, 0.2) is 0 Å². The van der Waals surface area contributed by atoms with Crippen LogP contribution >= 0.6 is 11.3 Å². The summed E-state index contributed by atoms with van der Waals surface area (Å²) in [5.74, 6) is -0.376. The summed E-state index contributed by atoms with van der Waals surface area (Å²) in [7, 11) is 0. The third-order valence-corrected chi connectivity index (χ3v) is 5.47. The van der Waals surface area contributed by atoms with Crippen molar-refractivity contribution in [1.29, 1.82) is 0 Å². The highest BCUT2D eigenvalue weighted by Crippen LogP contribution is 2.38. The Bertz CT molecular complexity index is 1190. The van der Waals surface area contributed by atoms with Crippen LogP contribution in [-0.2, 0) is 0 Å². The molecule has 0 spiro atoms. The normalized spacial score (nSPS) is 10.6. The highest BCUT2D eigenvalue weighted by atomic mass is 32.1. The summed E-state index contributed by atoms with van der Waals surface area (Å²) >= 11 is 1.41. The van der Waals surface area contributed by atoms with Gasteiger partial charge in [0, 0.05) is 34.9 Å². The first-order chi connectivity index (χ1) is 14.5. The van der Waals surface area contributed by atoms with Gasteiger partial charge in [0.2, 0.25) is 0 Å². The fraction of sp³-hybridized carbons (Fsp3) is 0.0870. The Hall–Kier alpha value is -3.58. The fourth-order valence-corrected chi connectivity index (χ4v) is 3.98. The molecule has 0 aliphatic rings. The molecule has 2 amide bonds. The van der Waals surface area contributed by atoms with E-state index in [0.717, 1.165) is 16.1 Å². The molecule has 2 aromatic heterocycles. The molecular weight excluding hydrogens is 399 g/mol. The lowest BCUT2D eigenvalue weighted by Crippen LogP contribution is -2.19. The third-order valence-electron chi connectivity index (χ3n) is 4.47. The molecule has 2 N–H and O–H groups in total. The first kappa shape index (κ1) is 19.7. The maximum absolute atomic E-state index is 14.7. The Morgan fingerprint density at radius 1 is 0.933 bits per heavy atom. The lowest BCUT2D eigenvalue weighted by Gasteiger charge is -2.10. The number of carbonyl (C=O) groups is 1. The van der Waals surface area contributed by atoms with E-state index in [9.17, 15) is 9.18 Å². The van der Waals surface area contributed by atoms with Gasteiger partial charge in [0.1, 0.15) is 5.82 Å². The minimum absolute atomic E-state index is 0.376. The molecule has 7 heteroatoms. The number of urea groups is 1. The van der Waals surface area contributed by atoms with Crippen molar-refractivity contribution in [2.24, 2.45) is 0 Å². The number of anilines is 2. The summed E-state index contributed by atoms with van der Waals surface area (Å²) in [6.45, 7) is 3.86. The van der Waals surface area contributed by atoms with Crippen LogP contribution in [0.25, 0.3) is 21.7 Å². The van der Waals surface area contributed by atoms with Crippen molar-refractivity contribution in [1.82, 2.24) is 9.97 Å². The second-order valence-corrected chi connectivity index (χ2v) is 7.99. The molecule has 0 bridgehead atoms. The Balaban J connectivity index is 1.62. The van der Waals surface area contributed by atoms with E-state index in [1.54, 1.807) is 18.5 Å². The number of aromatic nitrogens is 2. The van der Waals surface area contributed by atoms with Crippen molar-refractivity contribution in [2.75, 3.05) is 10.6 Å². The number of amides is 2. The molecule has 2 heterocycles. The maximum Gasteiger partial charge on any atom is 0.323 e. The zero-order chi connectivity index (χ0) is 21.1. The van der Waals surface area contributed by atoms with E-state index in [0.29, 0.717) is 27.5 Å². The number of nitrogens with zero attached hydrogens (tertiary/aromatic N) is 2. The highest BCUT2D eigenvalue weighted by molar-refractivity contribution is 7.15. The Morgan fingerprint density at radius 2 is 1.60 bits per heavy atom. The Kier molecular flexibility index (Phi) is 5.54. The molecule has 0 fully saturated rings. The molecular formula is C23H19FN4OS. The minimum Gasteiger partial charge on any atom is -0.308 e. The number of nitrogens with one attached hydrogen (secondary N) is 2. The SMILES string of the molecule is Cc1ccc(NC(=O)Nc2ccc(F)c(-c3sc(C)nc3-c3ccncc3)c2)cc1. The van der Waals surface area contributed by atoms with E-state index in [1.165, 1.54) is 23.5 Å². The van der Waals surface area contributed by atoms with Crippen molar-refractivity contribution >= 4 is 28.7 Å². The van der Waals surface area contributed by atoms with Gasteiger partial charge in [-0.2, -0.15) is 0 Å². The van der Waals surface area contributed by atoms with Gasteiger partial charge in [-0.05, 0) is 56.3 Å². The number of thiazole rings is 1. The quantitative estimate of drug-likeness (QED) is 0.410. The molecule has 0 aliphatic carbocycles. The van der Waals surface area contributed by atoms with Crippen LogP contribution in [0.4, 0.5) is 20.6 Å². The van der Waals surface area contributed by atoms with E-state index in [-0.39, 0.29) is 5.82 Å². The standard InChI is InChI=1S/C23H19FN4OS/c1-14-3-5-17(6-4-14)27-23(29)28-18-7-8-20(24)19(13-18)22-21(26-15(2)30-22)16-9-11-25-12-10-16/h3-13H,1-2H3,(H2,27,28,29). The van der Waals surface area contributed by atoms with Crippen LogP contribution in [0.1, 0.15) is 10.6 Å². The predicted octanol–water partition coefficient (Wildman–Crippen LogP) is 6.27. The van der Waals surface area contributed by atoms with Crippen LogP contribution < -0.4 is 10.6 Å². The van der Waals surface area contributed by atoms with Crippen LogP contribution in [0.3, 0.4) is 0 Å². The van der Waals surface area contributed by atoms with Crippen LogP contribution in [0.5, 0.6) is 0 Å². The monoisotopic (exact) mass is 418 g/mol. The summed E-state index contributed by atoms with van der Waals surface area (Å²) in [5, 5.41) is 6.36. The second-order valence-electron chi connectivity index (χ2n) is 6.79. The van der Waals surface area contributed by atoms with Crippen molar-refractivity contribution < 1.29 is 9.18 Å². The van der Waals surface area contributed by atoms with Crippen LogP contribution in [0.2, 0.25) is 0 Å². The molecule has 0 saturated carbocycles. The first-order valence-corrected chi connectivity index (χ1v) is 10.1. The topological polar surface area (TPSA) is 66.9 Å². The third kappa shape index (κ3) is 4.36. The molecule has 0 unspecified atom stereocenters. The Morgan fingerprint density at radius 3 is 2.33 bits per heavy atom. The molecule has 150 valence electrons. The number of pyridine rings is 1. The van der Waals surface area contributed by atoms with Crippen molar-refractivity contribution in [2.45, 2.75) is 13.8 Å². The van der Waals surface area contributed by atoms with Gasteiger partial charge < -0.3 is 10.6 Å². The summed E-state index contributed by atoms with van der Waals surface area (Å²) in [6, 6.07) is 15.3. The molecule has 0 saturated heterocycles. The smallest absolute Gasteiger partial charge is 0.308 e. The number of aryl methyl sites for hydroxylation is 2. The predicted molar refractivity (Wildman–Crippen MR) is 119 cm³/mol. The summed E-state index contributed by atoms with van der Waals surface area (Å²) in [5.41, 5.74) is 4.22. The van der Waals surface area contributed by atoms with Gasteiger partial charge in [-0.3, -0.25) is 4.98 Å². The second kappa shape index (κ2) is 8.42.